The number of carboxylic acid groups (broad SMARTS) is 1. The Bertz CT molecular complexity index is 305. The second-order valence-electron chi connectivity index (χ2n) is 2.52. The second-order valence-corrected chi connectivity index (χ2v) is 2.52. The molecule has 1 rings (SSSR count). The molecule has 0 fully saturated rings. The van der Waals surface area contributed by atoms with Gasteiger partial charge in [0.15, 0.2) is 6.61 Å². The number of carboxylic acids is 1. The van der Waals surface area contributed by atoms with Gasteiger partial charge < -0.3 is 21.3 Å². The Labute approximate surface area is 74.9 Å². The normalized spacial score (nSPS) is 9.54. The Balaban J connectivity index is 2.71. The summed E-state index contributed by atoms with van der Waals surface area (Å²) in [5.41, 5.74) is 11.8. The summed E-state index contributed by atoms with van der Waals surface area (Å²) < 4.78 is 4.87. The van der Waals surface area contributed by atoms with Gasteiger partial charge in [-0.25, -0.2) is 4.79 Å². The van der Waals surface area contributed by atoms with Crippen LogP contribution in [0.1, 0.15) is 0 Å². The Hall–Kier alpha value is -1.91. The average molecular weight is 182 g/mol. The number of nitrogen functional groups attached to an aromatic ring is 2. The van der Waals surface area contributed by atoms with E-state index in [1.54, 1.807) is 6.07 Å². The van der Waals surface area contributed by atoms with Crippen molar-refractivity contribution in [3.8, 4) is 5.75 Å². The lowest BCUT2D eigenvalue weighted by Crippen LogP contribution is -2.09. The van der Waals surface area contributed by atoms with Crippen molar-refractivity contribution >= 4 is 17.3 Å². The molecule has 0 radical (unpaired) electrons. The van der Waals surface area contributed by atoms with E-state index in [0.29, 0.717) is 17.1 Å². The van der Waals surface area contributed by atoms with E-state index in [4.69, 9.17) is 21.3 Å². The van der Waals surface area contributed by atoms with E-state index in [-0.39, 0.29) is 0 Å². The van der Waals surface area contributed by atoms with Gasteiger partial charge in [0, 0.05) is 23.5 Å². The predicted molar refractivity (Wildman–Crippen MR) is 48.4 cm³/mol. The van der Waals surface area contributed by atoms with E-state index in [0.717, 1.165) is 0 Å². The van der Waals surface area contributed by atoms with Crippen molar-refractivity contribution in [3.63, 3.8) is 0 Å². The maximum Gasteiger partial charge on any atom is 0.341 e. The summed E-state index contributed by atoms with van der Waals surface area (Å²) in [5.74, 6) is -0.680. The molecule has 1 aromatic carbocycles. The molecule has 1 aromatic rings. The highest BCUT2D eigenvalue weighted by Gasteiger charge is 2.00. The van der Waals surface area contributed by atoms with Crippen LogP contribution in [0.25, 0.3) is 0 Å². The second kappa shape index (κ2) is 3.66. The smallest absolute Gasteiger partial charge is 0.341 e. The third kappa shape index (κ3) is 2.90. The lowest BCUT2D eigenvalue weighted by atomic mass is 10.3. The first-order valence-electron chi connectivity index (χ1n) is 3.58. The molecule has 0 unspecified atom stereocenters. The largest absolute Gasteiger partial charge is 0.482 e. The van der Waals surface area contributed by atoms with E-state index >= 15 is 0 Å². The highest BCUT2D eigenvalue weighted by molar-refractivity contribution is 5.68. The van der Waals surface area contributed by atoms with Gasteiger partial charge in [-0.15, -0.1) is 0 Å². The van der Waals surface area contributed by atoms with E-state index in [9.17, 15) is 4.79 Å². The first kappa shape index (κ1) is 9.18. The minimum atomic E-state index is -1.04. The number of hydrogen-bond donors (Lipinski definition) is 3. The van der Waals surface area contributed by atoms with E-state index in [2.05, 4.69) is 0 Å². The molecule has 0 saturated carbocycles. The molecule has 5 heteroatoms. The van der Waals surface area contributed by atoms with Gasteiger partial charge in [-0.2, -0.15) is 0 Å². The molecule has 0 aliphatic heterocycles. The highest BCUT2D eigenvalue weighted by atomic mass is 16.5. The molecule has 0 heterocycles. The summed E-state index contributed by atoms with van der Waals surface area (Å²) in [7, 11) is 0. The van der Waals surface area contributed by atoms with Crippen LogP contribution in [0, 0.1) is 0 Å². The van der Waals surface area contributed by atoms with Gasteiger partial charge in [-0.05, 0) is 6.07 Å². The Morgan fingerprint density at radius 3 is 2.31 bits per heavy atom. The molecule has 0 aliphatic carbocycles. The fourth-order valence-electron chi connectivity index (χ4n) is 0.874. The molecule has 0 saturated heterocycles. The van der Waals surface area contributed by atoms with Gasteiger partial charge in [0.2, 0.25) is 0 Å². The summed E-state index contributed by atoms with van der Waals surface area (Å²) in [4.78, 5) is 10.2. The van der Waals surface area contributed by atoms with Crippen LogP contribution in [0.4, 0.5) is 11.4 Å². The summed E-state index contributed by atoms with van der Waals surface area (Å²) in [5, 5.41) is 8.33. The lowest BCUT2D eigenvalue weighted by molar-refractivity contribution is -0.139. The number of nitrogens with two attached hydrogens (primary N) is 2. The average Bonchev–Trinajstić information content (AvgIpc) is 1.99. The van der Waals surface area contributed by atoms with Gasteiger partial charge in [0.1, 0.15) is 5.75 Å². The van der Waals surface area contributed by atoms with Crippen LogP contribution in [0.5, 0.6) is 5.75 Å². The van der Waals surface area contributed by atoms with Crippen LogP contribution in [-0.4, -0.2) is 17.7 Å². The van der Waals surface area contributed by atoms with Crippen LogP contribution < -0.4 is 16.2 Å². The van der Waals surface area contributed by atoms with Crippen molar-refractivity contribution < 1.29 is 14.6 Å². The summed E-state index contributed by atoms with van der Waals surface area (Å²) in [6, 6.07) is 4.59. The molecule has 0 aliphatic rings. The summed E-state index contributed by atoms with van der Waals surface area (Å²) in [6.07, 6.45) is 0. The molecule has 5 nitrogen and oxygen atoms in total. The lowest BCUT2D eigenvalue weighted by Gasteiger charge is -2.04. The van der Waals surface area contributed by atoms with Gasteiger partial charge in [0.05, 0.1) is 0 Å². The van der Waals surface area contributed by atoms with E-state index in [1.807, 2.05) is 0 Å². The molecule has 70 valence electrons. The SMILES string of the molecule is Nc1cc(N)cc(OCC(=O)O)c1. The van der Waals surface area contributed by atoms with E-state index in [1.165, 1.54) is 12.1 Å². The monoisotopic (exact) mass is 182 g/mol. The van der Waals surface area contributed by atoms with Gasteiger partial charge in [-0.1, -0.05) is 0 Å². The minimum Gasteiger partial charge on any atom is -0.482 e. The van der Waals surface area contributed by atoms with Gasteiger partial charge in [-0.3, -0.25) is 0 Å². The van der Waals surface area contributed by atoms with Crippen molar-refractivity contribution in [2.75, 3.05) is 18.1 Å². The molecular formula is C8H10N2O3. The highest BCUT2D eigenvalue weighted by Crippen LogP contribution is 2.19. The third-order valence-electron chi connectivity index (χ3n) is 1.31. The van der Waals surface area contributed by atoms with Crippen molar-refractivity contribution in [1.82, 2.24) is 0 Å². The summed E-state index contributed by atoms with van der Waals surface area (Å²) in [6.45, 7) is -0.400. The number of anilines is 2. The van der Waals surface area contributed by atoms with Crippen molar-refractivity contribution in [2.45, 2.75) is 0 Å². The Morgan fingerprint density at radius 2 is 1.85 bits per heavy atom. The summed E-state index contributed by atoms with van der Waals surface area (Å²) >= 11 is 0. The van der Waals surface area contributed by atoms with Crippen LogP contribution >= 0.6 is 0 Å². The molecule has 0 bridgehead atoms. The quantitative estimate of drug-likeness (QED) is 0.584. The standard InChI is InChI=1S/C8H10N2O3/c9-5-1-6(10)3-7(2-5)13-4-8(11)12/h1-3H,4,9-10H2,(H,11,12). The molecule has 13 heavy (non-hydrogen) atoms. The van der Waals surface area contributed by atoms with E-state index < -0.39 is 12.6 Å². The van der Waals surface area contributed by atoms with Crippen LogP contribution in [0.2, 0.25) is 0 Å². The molecular weight excluding hydrogens is 172 g/mol. The predicted octanol–water partition coefficient (Wildman–Crippen LogP) is 0.314. The zero-order valence-electron chi connectivity index (χ0n) is 6.86. The first-order valence-corrected chi connectivity index (χ1v) is 3.58. The topological polar surface area (TPSA) is 98.6 Å². The van der Waals surface area contributed by atoms with Gasteiger partial charge >= 0.3 is 5.97 Å². The molecule has 0 atom stereocenters. The van der Waals surface area contributed by atoms with Gasteiger partial charge in [0.25, 0.3) is 0 Å². The third-order valence-corrected chi connectivity index (χ3v) is 1.31. The number of ether oxygens (including phenoxy) is 1. The number of rotatable bonds is 3. The fraction of sp³-hybridized carbons (Fsp3) is 0.125. The molecule has 0 aromatic heterocycles. The number of carbonyl (C=O) groups is 1. The maximum atomic E-state index is 10.2. The van der Waals surface area contributed by atoms with Crippen LogP contribution in [0.15, 0.2) is 18.2 Å². The van der Waals surface area contributed by atoms with Crippen molar-refractivity contribution in [1.29, 1.82) is 0 Å². The van der Waals surface area contributed by atoms with Crippen LogP contribution in [-0.2, 0) is 4.79 Å². The number of hydrogen-bond acceptors (Lipinski definition) is 4. The number of aliphatic carboxylic acids is 1. The Kier molecular flexibility index (Phi) is 2.59. The number of benzene rings is 1. The zero-order valence-corrected chi connectivity index (χ0v) is 6.86. The van der Waals surface area contributed by atoms with Crippen LogP contribution in [0.3, 0.4) is 0 Å². The first-order chi connectivity index (χ1) is 6.08. The fourth-order valence-corrected chi connectivity index (χ4v) is 0.874. The maximum absolute atomic E-state index is 10.2. The van der Waals surface area contributed by atoms with Crippen molar-refractivity contribution in [2.24, 2.45) is 0 Å². The molecule has 0 spiro atoms. The van der Waals surface area contributed by atoms with Crippen molar-refractivity contribution in [3.05, 3.63) is 18.2 Å². The minimum absolute atomic E-state index is 0.361. The zero-order chi connectivity index (χ0) is 9.84. The molecule has 5 N–H and O–H groups in total. The molecule has 0 amide bonds. The Morgan fingerprint density at radius 1 is 1.31 bits per heavy atom.